The Bertz CT molecular complexity index is 699. The van der Waals surface area contributed by atoms with E-state index in [9.17, 15) is 14.7 Å². The largest absolute Gasteiger partial charge is 0.507 e. The SMILES string of the molecule is Cc1cc(O)c(C(=O)Nc2ccn(C)n2)c(=O)n1C. The van der Waals surface area contributed by atoms with E-state index in [1.807, 2.05) is 0 Å². The number of aromatic hydroxyl groups is 1. The van der Waals surface area contributed by atoms with Crippen molar-refractivity contribution in [3.63, 3.8) is 0 Å². The van der Waals surface area contributed by atoms with E-state index in [-0.39, 0.29) is 11.3 Å². The van der Waals surface area contributed by atoms with Crippen LogP contribution in [0.15, 0.2) is 23.1 Å². The number of hydrogen-bond acceptors (Lipinski definition) is 4. The van der Waals surface area contributed by atoms with Crippen LogP contribution in [0.2, 0.25) is 0 Å². The standard InChI is InChI=1S/C12H14N4O3/c1-7-6-8(17)10(12(19)16(7)3)11(18)13-9-4-5-15(2)14-9/h4-6,17H,1-3H3,(H,13,14,18). The first-order chi connectivity index (χ1) is 8.90. The van der Waals surface area contributed by atoms with Crippen molar-refractivity contribution in [1.29, 1.82) is 0 Å². The molecular weight excluding hydrogens is 248 g/mol. The highest BCUT2D eigenvalue weighted by atomic mass is 16.3. The van der Waals surface area contributed by atoms with Crippen LogP contribution in [-0.4, -0.2) is 25.4 Å². The van der Waals surface area contributed by atoms with Gasteiger partial charge in [0, 0.05) is 38.1 Å². The lowest BCUT2D eigenvalue weighted by Gasteiger charge is -2.08. The Hall–Kier alpha value is -2.57. The molecule has 0 aliphatic rings. The molecule has 2 rings (SSSR count). The summed E-state index contributed by atoms with van der Waals surface area (Å²) in [6, 6.07) is 2.96. The van der Waals surface area contributed by atoms with E-state index >= 15 is 0 Å². The number of hydrogen-bond donors (Lipinski definition) is 2. The summed E-state index contributed by atoms with van der Waals surface area (Å²) in [5.74, 6) is -0.708. The van der Waals surface area contributed by atoms with Gasteiger partial charge in [-0.05, 0) is 6.92 Å². The molecule has 2 heterocycles. The van der Waals surface area contributed by atoms with Gasteiger partial charge in [-0.2, -0.15) is 5.10 Å². The number of nitrogens with one attached hydrogen (secondary N) is 1. The summed E-state index contributed by atoms with van der Waals surface area (Å²) in [5, 5.41) is 16.2. The fourth-order valence-corrected chi connectivity index (χ4v) is 1.68. The quantitative estimate of drug-likeness (QED) is 0.819. The van der Waals surface area contributed by atoms with Gasteiger partial charge in [-0.1, -0.05) is 0 Å². The van der Waals surface area contributed by atoms with Crippen molar-refractivity contribution < 1.29 is 9.90 Å². The van der Waals surface area contributed by atoms with E-state index in [0.29, 0.717) is 11.5 Å². The van der Waals surface area contributed by atoms with Gasteiger partial charge in [-0.15, -0.1) is 0 Å². The summed E-state index contributed by atoms with van der Waals surface area (Å²) in [6.45, 7) is 1.67. The predicted octanol–water partition coefficient (Wildman–Crippen LogP) is 0.385. The summed E-state index contributed by atoms with van der Waals surface area (Å²) < 4.78 is 2.82. The zero-order valence-electron chi connectivity index (χ0n) is 10.8. The lowest BCUT2D eigenvalue weighted by molar-refractivity contribution is 0.102. The van der Waals surface area contributed by atoms with Gasteiger partial charge in [0.15, 0.2) is 5.82 Å². The molecule has 0 aliphatic carbocycles. The van der Waals surface area contributed by atoms with Gasteiger partial charge in [0.2, 0.25) is 0 Å². The van der Waals surface area contributed by atoms with Crippen LogP contribution in [0.3, 0.4) is 0 Å². The van der Waals surface area contributed by atoms with Crippen molar-refractivity contribution >= 4 is 11.7 Å². The van der Waals surface area contributed by atoms with Gasteiger partial charge in [0.05, 0.1) is 0 Å². The van der Waals surface area contributed by atoms with Gasteiger partial charge in [0.1, 0.15) is 11.3 Å². The number of carbonyl (C=O) groups excluding carboxylic acids is 1. The number of anilines is 1. The van der Waals surface area contributed by atoms with E-state index in [2.05, 4.69) is 10.4 Å². The summed E-state index contributed by atoms with van der Waals surface area (Å²) in [5.41, 5.74) is -0.276. The second-order valence-electron chi connectivity index (χ2n) is 4.24. The number of aryl methyl sites for hydroxylation is 2. The number of rotatable bonds is 2. The Morgan fingerprint density at radius 2 is 2.11 bits per heavy atom. The third kappa shape index (κ3) is 2.35. The average Bonchev–Trinajstić information content (AvgIpc) is 2.72. The van der Waals surface area contributed by atoms with Crippen LogP contribution in [0.25, 0.3) is 0 Å². The highest BCUT2D eigenvalue weighted by molar-refractivity contribution is 6.05. The highest BCUT2D eigenvalue weighted by Crippen LogP contribution is 2.15. The minimum atomic E-state index is -0.684. The molecular formula is C12H14N4O3. The van der Waals surface area contributed by atoms with Crippen LogP contribution < -0.4 is 10.9 Å². The summed E-state index contributed by atoms with van der Waals surface area (Å²) in [6.07, 6.45) is 1.66. The first kappa shape index (κ1) is 12.9. The van der Waals surface area contributed by atoms with Crippen molar-refractivity contribution in [3.8, 4) is 5.75 Å². The third-order valence-electron chi connectivity index (χ3n) is 2.83. The fraction of sp³-hybridized carbons (Fsp3) is 0.250. The topological polar surface area (TPSA) is 89.2 Å². The van der Waals surface area contributed by atoms with E-state index in [1.165, 1.54) is 22.4 Å². The molecule has 0 aliphatic heterocycles. The summed E-state index contributed by atoms with van der Waals surface area (Å²) in [4.78, 5) is 24.0. The normalized spacial score (nSPS) is 10.5. The van der Waals surface area contributed by atoms with Crippen LogP contribution in [0.1, 0.15) is 16.1 Å². The second-order valence-corrected chi connectivity index (χ2v) is 4.24. The van der Waals surface area contributed by atoms with E-state index in [0.717, 1.165) is 0 Å². The minimum Gasteiger partial charge on any atom is -0.507 e. The molecule has 7 nitrogen and oxygen atoms in total. The van der Waals surface area contributed by atoms with E-state index in [1.54, 1.807) is 26.2 Å². The second kappa shape index (κ2) is 4.60. The molecule has 0 unspecified atom stereocenters. The van der Waals surface area contributed by atoms with Crippen molar-refractivity contribution in [3.05, 3.63) is 39.9 Å². The summed E-state index contributed by atoms with van der Waals surface area (Å²) >= 11 is 0. The Morgan fingerprint density at radius 3 is 2.68 bits per heavy atom. The summed E-state index contributed by atoms with van der Waals surface area (Å²) in [7, 11) is 3.24. The monoisotopic (exact) mass is 262 g/mol. The average molecular weight is 262 g/mol. The van der Waals surface area contributed by atoms with Crippen LogP contribution >= 0.6 is 0 Å². The van der Waals surface area contributed by atoms with Gasteiger partial charge < -0.3 is 15.0 Å². The number of carbonyl (C=O) groups is 1. The maximum absolute atomic E-state index is 12.0. The molecule has 2 N–H and O–H groups in total. The number of aromatic nitrogens is 3. The first-order valence-electron chi connectivity index (χ1n) is 5.60. The van der Waals surface area contributed by atoms with Crippen LogP contribution in [0.5, 0.6) is 5.75 Å². The smallest absolute Gasteiger partial charge is 0.267 e. The van der Waals surface area contributed by atoms with Crippen LogP contribution in [-0.2, 0) is 14.1 Å². The zero-order valence-corrected chi connectivity index (χ0v) is 10.8. The van der Waals surface area contributed by atoms with Crippen LogP contribution in [0, 0.1) is 6.92 Å². The molecule has 2 aromatic rings. The number of nitrogens with zero attached hydrogens (tertiary/aromatic N) is 3. The minimum absolute atomic E-state index is 0.293. The lowest BCUT2D eigenvalue weighted by Crippen LogP contribution is -2.29. The van der Waals surface area contributed by atoms with Gasteiger partial charge in [-0.3, -0.25) is 14.3 Å². The number of amides is 1. The maximum atomic E-state index is 12.0. The molecule has 2 aromatic heterocycles. The van der Waals surface area contributed by atoms with Gasteiger partial charge in [0.25, 0.3) is 11.5 Å². The van der Waals surface area contributed by atoms with Crippen LogP contribution in [0.4, 0.5) is 5.82 Å². The molecule has 7 heteroatoms. The first-order valence-corrected chi connectivity index (χ1v) is 5.60. The Kier molecular flexibility index (Phi) is 3.12. The van der Waals surface area contributed by atoms with Crippen molar-refractivity contribution in [2.24, 2.45) is 14.1 Å². The Morgan fingerprint density at radius 1 is 1.42 bits per heavy atom. The Balaban J connectivity index is 2.40. The predicted molar refractivity (Wildman–Crippen MR) is 69.2 cm³/mol. The van der Waals surface area contributed by atoms with E-state index in [4.69, 9.17) is 0 Å². The number of pyridine rings is 1. The van der Waals surface area contributed by atoms with Crippen molar-refractivity contribution in [2.75, 3.05) is 5.32 Å². The molecule has 1 amide bonds. The molecule has 0 radical (unpaired) electrons. The molecule has 0 atom stereocenters. The lowest BCUT2D eigenvalue weighted by atomic mass is 10.2. The molecule has 0 fully saturated rings. The molecule has 0 aromatic carbocycles. The Labute approximate surface area is 109 Å². The molecule has 0 spiro atoms. The molecule has 0 bridgehead atoms. The van der Waals surface area contributed by atoms with Crippen molar-refractivity contribution in [1.82, 2.24) is 14.3 Å². The molecule has 0 saturated heterocycles. The highest BCUT2D eigenvalue weighted by Gasteiger charge is 2.19. The zero-order chi connectivity index (χ0) is 14.2. The van der Waals surface area contributed by atoms with Gasteiger partial charge >= 0.3 is 0 Å². The molecule has 0 saturated carbocycles. The molecule has 100 valence electrons. The van der Waals surface area contributed by atoms with Gasteiger partial charge in [-0.25, -0.2) is 0 Å². The van der Waals surface area contributed by atoms with Crippen molar-refractivity contribution in [2.45, 2.75) is 6.92 Å². The molecule has 19 heavy (non-hydrogen) atoms. The van der Waals surface area contributed by atoms with E-state index < -0.39 is 11.5 Å². The fourth-order valence-electron chi connectivity index (χ4n) is 1.68. The maximum Gasteiger partial charge on any atom is 0.267 e. The third-order valence-corrected chi connectivity index (χ3v) is 2.83.